The Kier molecular flexibility index (Phi) is 5.62. The van der Waals surface area contributed by atoms with Crippen LogP contribution < -0.4 is 0 Å². The van der Waals surface area contributed by atoms with Crippen molar-refractivity contribution in [3.63, 3.8) is 0 Å². The molecule has 0 radical (unpaired) electrons. The van der Waals surface area contributed by atoms with Gasteiger partial charge in [0.1, 0.15) is 5.82 Å². The monoisotopic (exact) mass is 578 g/mol. The van der Waals surface area contributed by atoms with Crippen LogP contribution in [0.1, 0.15) is 44.1 Å². The van der Waals surface area contributed by atoms with Crippen LogP contribution in [-0.4, -0.2) is 9.55 Å². The van der Waals surface area contributed by atoms with Crippen molar-refractivity contribution in [1.29, 1.82) is 0 Å². The lowest BCUT2D eigenvalue weighted by Gasteiger charge is -2.25. The zero-order valence-corrected chi connectivity index (χ0v) is 25.9. The summed E-state index contributed by atoms with van der Waals surface area (Å²) < 4.78 is 2.32. The van der Waals surface area contributed by atoms with E-state index in [1.807, 2.05) is 0 Å². The fourth-order valence-corrected chi connectivity index (χ4v) is 8.14. The van der Waals surface area contributed by atoms with E-state index in [0.717, 1.165) is 35.4 Å². The van der Waals surface area contributed by atoms with Crippen molar-refractivity contribution in [1.82, 2.24) is 9.55 Å². The molecule has 7 aromatic carbocycles. The Morgan fingerprint density at radius 3 is 2.04 bits per heavy atom. The van der Waals surface area contributed by atoms with Crippen LogP contribution in [0.4, 0.5) is 0 Å². The fraction of sp³-hybridized carbons (Fsp3) is 0.140. The molecule has 0 spiro atoms. The van der Waals surface area contributed by atoms with Gasteiger partial charge < -0.3 is 0 Å². The van der Waals surface area contributed by atoms with Crippen LogP contribution >= 0.6 is 0 Å². The molecular weight excluding hydrogens is 544 g/mol. The summed E-state index contributed by atoms with van der Waals surface area (Å²) in [5.41, 5.74) is 11.4. The minimum atomic E-state index is -0.124. The number of benzene rings is 7. The first-order valence-electron chi connectivity index (χ1n) is 16.1. The summed E-state index contributed by atoms with van der Waals surface area (Å²) in [6.07, 6.45) is 2.02. The SMILES string of the molecule is CCCc1nc2ccccc2n1-c1ccc(-c2ccc3c4c(ccc3c2)-c2c(c3ccccc3c3ccccc23)C4(C)C)cc1. The van der Waals surface area contributed by atoms with Crippen molar-refractivity contribution in [2.45, 2.75) is 39.0 Å². The van der Waals surface area contributed by atoms with E-state index >= 15 is 0 Å². The summed E-state index contributed by atoms with van der Waals surface area (Å²) in [7, 11) is 0. The van der Waals surface area contributed by atoms with E-state index in [1.165, 1.54) is 65.7 Å². The zero-order chi connectivity index (χ0) is 30.3. The van der Waals surface area contributed by atoms with Crippen LogP contribution in [0.3, 0.4) is 0 Å². The molecule has 1 aliphatic rings. The van der Waals surface area contributed by atoms with Crippen molar-refractivity contribution in [3.8, 4) is 27.9 Å². The first kappa shape index (κ1) is 26.2. The van der Waals surface area contributed by atoms with Gasteiger partial charge in [0, 0.05) is 17.5 Å². The molecule has 9 rings (SSSR count). The highest BCUT2D eigenvalue weighted by Crippen LogP contribution is 2.56. The molecule has 45 heavy (non-hydrogen) atoms. The lowest BCUT2D eigenvalue weighted by molar-refractivity contribution is 0.672. The van der Waals surface area contributed by atoms with E-state index in [-0.39, 0.29) is 5.41 Å². The molecule has 0 N–H and O–H groups in total. The van der Waals surface area contributed by atoms with E-state index in [9.17, 15) is 0 Å². The number of aromatic nitrogens is 2. The molecule has 0 atom stereocenters. The molecule has 0 unspecified atom stereocenters. The van der Waals surface area contributed by atoms with Crippen molar-refractivity contribution < 1.29 is 0 Å². The number of imidazole rings is 1. The number of hydrogen-bond donors (Lipinski definition) is 0. The van der Waals surface area contributed by atoms with Crippen LogP contribution in [0.5, 0.6) is 0 Å². The topological polar surface area (TPSA) is 17.8 Å². The van der Waals surface area contributed by atoms with Gasteiger partial charge in [-0.25, -0.2) is 4.98 Å². The second kappa shape index (κ2) is 9.64. The van der Waals surface area contributed by atoms with Crippen LogP contribution in [0.15, 0.2) is 127 Å². The Labute approximate surface area is 263 Å². The Morgan fingerprint density at radius 1 is 0.600 bits per heavy atom. The quantitative estimate of drug-likeness (QED) is 0.190. The van der Waals surface area contributed by atoms with Crippen LogP contribution in [0.2, 0.25) is 0 Å². The molecule has 0 amide bonds. The Bertz CT molecular complexity index is 2460. The molecule has 2 heteroatoms. The second-order valence-corrected chi connectivity index (χ2v) is 13.0. The third kappa shape index (κ3) is 3.72. The summed E-state index contributed by atoms with van der Waals surface area (Å²) in [6.45, 7) is 7.04. The molecule has 1 aliphatic carbocycles. The highest BCUT2D eigenvalue weighted by Gasteiger charge is 2.39. The minimum Gasteiger partial charge on any atom is -0.296 e. The maximum Gasteiger partial charge on any atom is 0.114 e. The molecule has 0 bridgehead atoms. The van der Waals surface area contributed by atoms with Gasteiger partial charge in [-0.3, -0.25) is 4.57 Å². The summed E-state index contributed by atoms with van der Waals surface area (Å²) in [5.74, 6) is 1.12. The highest BCUT2D eigenvalue weighted by atomic mass is 15.1. The van der Waals surface area contributed by atoms with Gasteiger partial charge in [0.05, 0.1) is 11.0 Å². The molecule has 8 aromatic rings. The maximum atomic E-state index is 4.95. The van der Waals surface area contributed by atoms with Gasteiger partial charge >= 0.3 is 0 Å². The summed E-state index contributed by atoms with van der Waals surface area (Å²) in [5, 5.41) is 8.02. The minimum absolute atomic E-state index is 0.124. The summed E-state index contributed by atoms with van der Waals surface area (Å²) >= 11 is 0. The number of nitrogens with zero attached hydrogens (tertiary/aromatic N) is 2. The van der Waals surface area contributed by atoms with E-state index in [2.05, 4.69) is 153 Å². The van der Waals surface area contributed by atoms with E-state index in [1.54, 1.807) is 0 Å². The Morgan fingerprint density at radius 2 is 1.27 bits per heavy atom. The highest BCUT2D eigenvalue weighted by molar-refractivity contribution is 6.19. The van der Waals surface area contributed by atoms with E-state index < -0.39 is 0 Å². The molecular formula is C43H34N2. The van der Waals surface area contributed by atoms with E-state index in [4.69, 9.17) is 4.98 Å². The number of rotatable bonds is 4. The lowest BCUT2D eigenvalue weighted by atomic mass is 9.77. The summed E-state index contributed by atoms with van der Waals surface area (Å²) in [4.78, 5) is 4.95. The third-order valence-electron chi connectivity index (χ3n) is 10.0. The molecule has 0 fully saturated rings. The molecule has 0 saturated carbocycles. The fourth-order valence-electron chi connectivity index (χ4n) is 8.14. The smallest absolute Gasteiger partial charge is 0.114 e. The van der Waals surface area contributed by atoms with Gasteiger partial charge in [0.25, 0.3) is 0 Å². The average Bonchev–Trinajstić information content (AvgIpc) is 3.56. The van der Waals surface area contributed by atoms with E-state index in [0.29, 0.717) is 0 Å². The maximum absolute atomic E-state index is 4.95. The number of para-hydroxylation sites is 2. The molecule has 216 valence electrons. The van der Waals surface area contributed by atoms with Crippen molar-refractivity contribution in [2.24, 2.45) is 0 Å². The van der Waals surface area contributed by atoms with Crippen molar-refractivity contribution >= 4 is 43.4 Å². The molecule has 0 saturated heterocycles. The van der Waals surface area contributed by atoms with Gasteiger partial charge in [0.2, 0.25) is 0 Å². The average molecular weight is 579 g/mol. The van der Waals surface area contributed by atoms with Crippen LogP contribution in [0, 0.1) is 0 Å². The van der Waals surface area contributed by atoms with Gasteiger partial charge in [0.15, 0.2) is 0 Å². The predicted molar refractivity (Wildman–Crippen MR) is 191 cm³/mol. The first-order valence-corrected chi connectivity index (χ1v) is 16.1. The zero-order valence-electron chi connectivity index (χ0n) is 25.9. The number of fused-ring (bicyclic) bond motifs is 11. The second-order valence-electron chi connectivity index (χ2n) is 13.0. The standard InChI is InChI=1S/C43H34N2/c1-4-11-39-44-37-16-9-10-17-38(37)45(39)30-22-18-27(19-23-30)28-20-24-31-29(26-28)21-25-36-40-34-14-7-5-12-32(34)33-13-6-8-15-35(33)42(40)43(2,3)41(31)36/h5-10,12-26H,4,11H2,1-3H3. The Hall–Kier alpha value is -5.21. The van der Waals surface area contributed by atoms with Gasteiger partial charge in [-0.2, -0.15) is 0 Å². The lowest BCUT2D eigenvalue weighted by Crippen LogP contribution is -2.16. The van der Waals surface area contributed by atoms with Crippen molar-refractivity contribution in [3.05, 3.63) is 144 Å². The Balaban J connectivity index is 1.17. The predicted octanol–water partition coefficient (Wildman–Crippen LogP) is 11.4. The van der Waals surface area contributed by atoms with Crippen LogP contribution in [0.25, 0.3) is 71.3 Å². The molecule has 1 aromatic heterocycles. The van der Waals surface area contributed by atoms with Crippen molar-refractivity contribution in [2.75, 3.05) is 0 Å². The van der Waals surface area contributed by atoms with Gasteiger partial charge in [-0.1, -0.05) is 118 Å². The van der Waals surface area contributed by atoms with Crippen LogP contribution in [-0.2, 0) is 11.8 Å². The normalized spacial score (nSPS) is 13.6. The van der Waals surface area contributed by atoms with Gasteiger partial charge in [-0.15, -0.1) is 0 Å². The molecule has 0 aliphatic heterocycles. The molecule has 2 nitrogen and oxygen atoms in total. The van der Waals surface area contributed by atoms with Gasteiger partial charge in [-0.05, 0) is 102 Å². The largest absolute Gasteiger partial charge is 0.296 e. The number of aryl methyl sites for hydroxylation is 1. The first-order chi connectivity index (χ1) is 22.0. The number of hydrogen-bond acceptors (Lipinski definition) is 1. The third-order valence-corrected chi connectivity index (χ3v) is 10.0. The molecule has 1 heterocycles. The summed E-state index contributed by atoms with van der Waals surface area (Å²) in [6, 6.07) is 47.1.